The number of carbonyl (C=O) groups is 1. The average molecular weight is 261 g/mol. The zero-order chi connectivity index (χ0) is 12.5. The van der Waals surface area contributed by atoms with Gasteiger partial charge in [-0.2, -0.15) is 0 Å². The number of fused-ring (bicyclic) bond motifs is 1. The van der Waals surface area contributed by atoms with Gasteiger partial charge in [-0.1, -0.05) is 6.07 Å². The number of rotatable bonds is 2. The Morgan fingerprint density at radius 3 is 2.94 bits per heavy atom. The molecule has 0 radical (unpaired) electrons. The summed E-state index contributed by atoms with van der Waals surface area (Å²) in [5.41, 5.74) is 6.64. The number of nitrogens with zero attached hydrogens (tertiary/aromatic N) is 1. The molecular formula is C13H15N3OS. The van der Waals surface area contributed by atoms with Crippen LogP contribution >= 0.6 is 11.3 Å². The van der Waals surface area contributed by atoms with E-state index < -0.39 is 0 Å². The predicted octanol–water partition coefficient (Wildman–Crippen LogP) is 1.86. The molecule has 0 saturated carbocycles. The molecule has 3 heterocycles. The number of pyridine rings is 1. The summed E-state index contributed by atoms with van der Waals surface area (Å²) in [5, 5.41) is 4.45. The van der Waals surface area contributed by atoms with Crippen LogP contribution < -0.4 is 11.1 Å². The Kier molecular flexibility index (Phi) is 3.01. The number of carbonyl (C=O) groups excluding carboxylic acids is 1. The van der Waals surface area contributed by atoms with Crippen LogP contribution in [-0.2, 0) is 0 Å². The number of hydrogen-bond acceptors (Lipinski definition) is 4. The van der Waals surface area contributed by atoms with Crippen molar-refractivity contribution in [2.75, 3.05) is 13.1 Å². The van der Waals surface area contributed by atoms with E-state index in [1.807, 2.05) is 12.1 Å². The van der Waals surface area contributed by atoms with Gasteiger partial charge in [-0.3, -0.25) is 4.79 Å². The highest BCUT2D eigenvalue weighted by Crippen LogP contribution is 2.38. The third-order valence-electron chi connectivity index (χ3n) is 3.48. The molecule has 3 N–H and O–H groups in total. The highest BCUT2D eigenvalue weighted by molar-refractivity contribution is 7.20. The standard InChI is InChI=1S/C13H15N3OS/c14-12(17)11-10(8-3-6-15-7-4-8)9-2-1-5-16-13(9)18-11/h1-2,5,8,15H,3-4,6-7H2,(H2,14,17). The van der Waals surface area contributed by atoms with Gasteiger partial charge in [-0.15, -0.1) is 11.3 Å². The number of aromatic nitrogens is 1. The van der Waals surface area contributed by atoms with E-state index in [1.54, 1.807) is 6.20 Å². The molecule has 1 aliphatic rings. The van der Waals surface area contributed by atoms with E-state index in [9.17, 15) is 4.79 Å². The van der Waals surface area contributed by atoms with Crippen molar-refractivity contribution in [3.05, 3.63) is 28.8 Å². The monoisotopic (exact) mass is 261 g/mol. The maximum absolute atomic E-state index is 11.6. The van der Waals surface area contributed by atoms with Gasteiger partial charge in [0, 0.05) is 11.6 Å². The molecule has 0 atom stereocenters. The van der Waals surface area contributed by atoms with Crippen molar-refractivity contribution in [3.63, 3.8) is 0 Å². The van der Waals surface area contributed by atoms with E-state index >= 15 is 0 Å². The lowest BCUT2D eigenvalue weighted by Gasteiger charge is -2.23. The van der Waals surface area contributed by atoms with Gasteiger partial charge < -0.3 is 11.1 Å². The summed E-state index contributed by atoms with van der Waals surface area (Å²) < 4.78 is 0. The van der Waals surface area contributed by atoms with Gasteiger partial charge >= 0.3 is 0 Å². The summed E-state index contributed by atoms with van der Waals surface area (Å²) >= 11 is 1.42. The number of piperidine rings is 1. The molecule has 0 aromatic carbocycles. The van der Waals surface area contributed by atoms with Crippen LogP contribution in [0.1, 0.15) is 34.0 Å². The predicted molar refractivity (Wildman–Crippen MR) is 73.0 cm³/mol. The number of nitrogens with two attached hydrogens (primary N) is 1. The zero-order valence-electron chi connectivity index (χ0n) is 9.98. The first-order chi connectivity index (χ1) is 8.77. The van der Waals surface area contributed by atoms with Gasteiger partial charge in [0.25, 0.3) is 5.91 Å². The van der Waals surface area contributed by atoms with Crippen LogP contribution in [0.4, 0.5) is 0 Å². The van der Waals surface area contributed by atoms with Gasteiger partial charge in [-0.25, -0.2) is 4.98 Å². The SMILES string of the molecule is NC(=O)c1sc2ncccc2c1C1CCNCC1. The number of thiophene rings is 1. The average Bonchev–Trinajstić information content (AvgIpc) is 2.79. The highest BCUT2D eigenvalue weighted by atomic mass is 32.1. The van der Waals surface area contributed by atoms with Crippen LogP contribution in [-0.4, -0.2) is 24.0 Å². The molecule has 4 nitrogen and oxygen atoms in total. The summed E-state index contributed by atoms with van der Waals surface area (Å²) in [6, 6.07) is 3.97. The van der Waals surface area contributed by atoms with Crippen molar-refractivity contribution in [1.82, 2.24) is 10.3 Å². The Balaban J connectivity index is 2.17. The van der Waals surface area contributed by atoms with Gasteiger partial charge in [0.15, 0.2) is 0 Å². The van der Waals surface area contributed by atoms with E-state index in [4.69, 9.17) is 5.73 Å². The number of hydrogen-bond donors (Lipinski definition) is 2. The normalized spacial score (nSPS) is 17.1. The van der Waals surface area contributed by atoms with E-state index in [0.29, 0.717) is 10.8 Å². The molecule has 0 unspecified atom stereocenters. The molecule has 0 aliphatic carbocycles. The van der Waals surface area contributed by atoms with Gasteiger partial charge in [-0.05, 0) is 43.5 Å². The van der Waals surface area contributed by atoms with Crippen molar-refractivity contribution in [2.45, 2.75) is 18.8 Å². The van der Waals surface area contributed by atoms with Gasteiger partial charge in [0.2, 0.25) is 0 Å². The second-order valence-electron chi connectivity index (χ2n) is 4.59. The molecule has 0 bridgehead atoms. The Morgan fingerprint density at radius 2 is 2.22 bits per heavy atom. The number of nitrogens with one attached hydrogen (secondary N) is 1. The van der Waals surface area contributed by atoms with Gasteiger partial charge in [0.05, 0.1) is 4.88 Å². The number of primary amides is 1. The fourth-order valence-corrected chi connectivity index (χ4v) is 3.73. The lowest BCUT2D eigenvalue weighted by atomic mass is 9.88. The fourth-order valence-electron chi connectivity index (χ4n) is 2.65. The van der Waals surface area contributed by atoms with E-state index in [2.05, 4.69) is 10.3 Å². The fraction of sp³-hybridized carbons (Fsp3) is 0.385. The molecular weight excluding hydrogens is 246 g/mol. The minimum Gasteiger partial charge on any atom is -0.365 e. The molecule has 1 amide bonds. The molecule has 18 heavy (non-hydrogen) atoms. The summed E-state index contributed by atoms with van der Waals surface area (Å²) in [6.45, 7) is 2.00. The minimum atomic E-state index is -0.327. The van der Waals surface area contributed by atoms with Gasteiger partial charge in [0.1, 0.15) is 4.83 Å². The molecule has 1 saturated heterocycles. The second kappa shape index (κ2) is 4.66. The topological polar surface area (TPSA) is 68.0 Å². The third kappa shape index (κ3) is 1.89. The highest BCUT2D eigenvalue weighted by Gasteiger charge is 2.25. The van der Waals surface area contributed by atoms with Crippen LogP contribution in [0.25, 0.3) is 10.2 Å². The molecule has 1 aliphatic heterocycles. The van der Waals surface area contributed by atoms with E-state index in [-0.39, 0.29) is 5.91 Å². The lowest BCUT2D eigenvalue weighted by Crippen LogP contribution is -2.27. The minimum absolute atomic E-state index is 0.327. The van der Waals surface area contributed by atoms with Crippen molar-refractivity contribution >= 4 is 27.5 Å². The Bertz CT molecular complexity index is 587. The summed E-state index contributed by atoms with van der Waals surface area (Å²) in [4.78, 5) is 17.6. The summed E-state index contributed by atoms with van der Waals surface area (Å²) in [7, 11) is 0. The Labute approximate surface area is 109 Å². The number of amides is 1. The molecule has 2 aromatic rings. The first-order valence-electron chi connectivity index (χ1n) is 6.15. The van der Waals surface area contributed by atoms with Crippen molar-refractivity contribution < 1.29 is 4.79 Å². The van der Waals surface area contributed by atoms with Crippen LogP contribution in [0.2, 0.25) is 0 Å². The first-order valence-corrected chi connectivity index (χ1v) is 6.97. The maximum Gasteiger partial charge on any atom is 0.259 e. The van der Waals surface area contributed by atoms with Crippen LogP contribution in [0.15, 0.2) is 18.3 Å². The quantitative estimate of drug-likeness (QED) is 0.867. The molecule has 1 fully saturated rings. The summed E-state index contributed by atoms with van der Waals surface area (Å²) in [5.74, 6) is 0.0956. The zero-order valence-corrected chi connectivity index (χ0v) is 10.8. The maximum atomic E-state index is 11.6. The Morgan fingerprint density at radius 1 is 1.44 bits per heavy atom. The molecule has 0 spiro atoms. The van der Waals surface area contributed by atoms with Crippen LogP contribution in [0.5, 0.6) is 0 Å². The van der Waals surface area contributed by atoms with E-state index in [1.165, 1.54) is 11.3 Å². The van der Waals surface area contributed by atoms with E-state index in [0.717, 1.165) is 41.7 Å². The smallest absolute Gasteiger partial charge is 0.259 e. The molecule has 5 heteroatoms. The molecule has 2 aromatic heterocycles. The molecule has 3 rings (SSSR count). The van der Waals surface area contributed by atoms with Crippen molar-refractivity contribution in [1.29, 1.82) is 0 Å². The first kappa shape index (κ1) is 11.6. The second-order valence-corrected chi connectivity index (χ2v) is 5.59. The molecule has 94 valence electrons. The third-order valence-corrected chi connectivity index (χ3v) is 4.62. The lowest BCUT2D eigenvalue weighted by molar-refractivity contribution is 0.100. The van der Waals surface area contributed by atoms with Crippen molar-refractivity contribution in [3.8, 4) is 0 Å². The van der Waals surface area contributed by atoms with Crippen LogP contribution in [0.3, 0.4) is 0 Å². The summed E-state index contributed by atoms with van der Waals surface area (Å²) in [6.07, 6.45) is 3.87. The largest absolute Gasteiger partial charge is 0.365 e. The van der Waals surface area contributed by atoms with Crippen LogP contribution in [0, 0.1) is 0 Å². The Hall–Kier alpha value is -1.46. The van der Waals surface area contributed by atoms with Crippen molar-refractivity contribution in [2.24, 2.45) is 5.73 Å².